The molecule has 1 aliphatic heterocycles. The molecule has 4 aliphatic rings. The third kappa shape index (κ3) is 2.47. The molecule has 0 radical (unpaired) electrons. The van der Waals surface area contributed by atoms with Crippen LogP contribution in [0.25, 0.3) is 0 Å². The first kappa shape index (κ1) is 13.6. The summed E-state index contributed by atoms with van der Waals surface area (Å²) in [6.45, 7) is 0.600. The maximum absolute atomic E-state index is 12.4. The molecule has 0 spiro atoms. The zero-order chi connectivity index (χ0) is 14.4. The van der Waals surface area contributed by atoms with E-state index in [4.69, 9.17) is 4.74 Å². The Kier molecular flexibility index (Phi) is 3.43. The first-order valence-electron chi connectivity index (χ1n) is 8.70. The topological polar surface area (TPSA) is 46.6 Å². The number of carbonyl (C=O) groups is 2. The molecular weight excluding hydrogens is 266 g/mol. The largest absolute Gasteiger partial charge is 0.462 e. The Morgan fingerprint density at radius 1 is 1.10 bits per heavy atom. The van der Waals surface area contributed by atoms with Crippen LogP contribution in [0.4, 0.5) is 0 Å². The third-order valence-electron chi connectivity index (χ3n) is 6.20. The summed E-state index contributed by atoms with van der Waals surface area (Å²) < 4.78 is 5.77. The molecule has 1 heterocycles. The van der Waals surface area contributed by atoms with Gasteiger partial charge in [-0.15, -0.1) is 0 Å². The highest BCUT2D eigenvalue weighted by Gasteiger charge is 2.44. The van der Waals surface area contributed by atoms with Crippen molar-refractivity contribution in [3.8, 4) is 0 Å². The molecule has 1 saturated heterocycles. The summed E-state index contributed by atoms with van der Waals surface area (Å²) in [7, 11) is 0. The van der Waals surface area contributed by atoms with Gasteiger partial charge in [-0.2, -0.15) is 0 Å². The Morgan fingerprint density at radius 3 is 2.57 bits per heavy atom. The van der Waals surface area contributed by atoms with Crippen molar-refractivity contribution in [1.29, 1.82) is 0 Å². The zero-order valence-corrected chi connectivity index (χ0v) is 12.6. The quantitative estimate of drug-likeness (QED) is 0.751. The molecule has 3 saturated carbocycles. The first-order valence-corrected chi connectivity index (χ1v) is 8.70. The number of hydrogen-bond acceptors (Lipinski definition) is 3. The number of amides is 1. The molecule has 4 nitrogen and oxygen atoms in total. The maximum atomic E-state index is 12.4. The summed E-state index contributed by atoms with van der Waals surface area (Å²) >= 11 is 0. The van der Waals surface area contributed by atoms with Crippen LogP contribution in [0.3, 0.4) is 0 Å². The highest BCUT2D eigenvalue weighted by molar-refractivity contribution is 5.87. The van der Waals surface area contributed by atoms with Crippen molar-refractivity contribution in [2.75, 3.05) is 6.54 Å². The second-order valence-electron chi connectivity index (χ2n) is 7.54. The molecule has 4 fully saturated rings. The fraction of sp³-hybridized carbons (Fsp3) is 0.882. The Morgan fingerprint density at radius 2 is 1.90 bits per heavy atom. The van der Waals surface area contributed by atoms with Gasteiger partial charge in [-0.05, 0) is 50.4 Å². The lowest BCUT2D eigenvalue weighted by atomic mass is 9.97. The minimum absolute atomic E-state index is 0.110. The van der Waals surface area contributed by atoms with Crippen LogP contribution in [0.5, 0.6) is 0 Å². The van der Waals surface area contributed by atoms with Crippen molar-refractivity contribution in [3.63, 3.8) is 0 Å². The van der Waals surface area contributed by atoms with E-state index >= 15 is 0 Å². The van der Waals surface area contributed by atoms with E-state index in [1.54, 1.807) is 0 Å². The highest BCUT2D eigenvalue weighted by atomic mass is 16.5. The molecule has 1 amide bonds. The van der Waals surface area contributed by atoms with E-state index in [1.165, 1.54) is 32.1 Å². The molecule has 21 heavy (non-hydrogen) atoms. The first-order chi connectivity index (χ1) is 10.2. The molecular formula is C17H25NO3. The Balaban J connectivity index is 1.34. The molecule has 2 bridgehead atoms. The number of likely N-dealkylation sites (tertiary alicyclic amines) is 1. The minimum Gasteiger partial charge on any atom is -0.462 e. The van der Waals surface area contributed by atoms with Crippen LogP contribution in [0, 0.1) is 17.8 Å². The number of ether oxygens (including phenoxy) is 1. The van der Waals surface area contributed by atoms with Crippen molar-refractivity contribution >= 4 is 11.9 Å². The van der Waals surface area contributed by atoms with Gasteiger partial charge in [0.05, 0.1) is 5.92 Å². The summed E-state index contributed by atoms with van der Waals surface area (Å²) in [5, 5.41) is 0. The number of esters is 1. The van der Waals surface area contributed by atoms with Crippen molar-refractivity contribution in [2.45, 2.75) is 69.9 Å². The van der Waals surface area contributed by atoms with E-state index in [1.807, 2.05) is 4.90 Å². The molecule has 4 rings (SSSR count). The average Bonchev–Trinajstić information content (AvgIpc) is 3.22. The fourth-order valence-electron chi connectivity index (χ4n) is 5.03. The van der Waals surface area contributed by atoms with Crippen molar-refractivity contribution in [1.82, 2.24) is 4.90 Å². The van der Waals surface area contributed by atoms with Gasteiger partial charge in [0.15, 0.2) is 0 Å². The van der Waals surface area contributed by atoms with E-state index in [9.17, 15) is 9.59 Å². The molecule has 0 aromatic rings. The average molecular weight is 291 g/mol. The molecule has 3 aliphatic carbocycles. The summed E-state index contributed by atoms with van der Waals surface area (Å²) in [5.41, 5.74) is 0. The van der Waals surface area contributed by atoms with Gasteiger partial charge in [0.1, 0.15) is 6.10 Å². The maximum Gasteiger partial charge on any atom is 0.311 e. The summed E-state index contributed by atoms with van der Waals surface area (Å²) in [6, 6.07) is 0.387. The molecule has 4 atom stereocenters. The number of rotatable bonds is 3. The normalized spacial score (nSPS) is 39.4. The van der Waals surface area contributed by atoms with Crippen molar-refractivity contribution < 1.29 is 14.3 Å². The van der Waals surface area contributed by atoms with Gasteiger partial charge in [-0.3, -0.25) is 9.59 Å². The van der Waals surface area contributed by atoms with Crippen LogP contribution < -0.4 is 0 Å². The molecule has 0 N–H and O–H groups in total. The Hall–Kier alpha value is -1.06. The van der Waals surface area contributed by atoms with E-state index in [-0.39, 0.29) is 23.9 Å². The second-order valence-corrected chi connectivity index (χ2v) is 7.54. The summed E-state index contributed by atoms with van der Waals surface area (Å²) in [6.07, 6.45) is 10.0. The third-order valence-corrected chi connectivity index (χ3v) is 6.20. The SMILES string of the molecule is O=C(O[C@H]1C[C@H]2CC[C@H]1C2)[C@@H]1CC(=O)N(C2CCCC2)C1. The highest BCUT2D eigenvalue weighted by Crippen LogP contribution is 2.46. The summed E-state index contributed by atoms with van der Waals surface area (Å²) in [4.78, 5) is 26.5. The van der Waals surface area contributed by atoms with Gasteiger partial charge in [0.25, 0.3) is 0 Å². The predicted molar refractivity (Wildman–Crippen MR) is 77.4 cm³/mol. The predicted octanol–water partition coefficient (Wildman–Crippen LogP) is 2.51. The lowest BCUT2D eigenvalue weighted by Crippen LogP contribution is -2.35. The Labute approximate surface area is 126 Å². The lowest BCUT2D eigenvalue weighted by Gasteiger charge is -2.25. The zero-order valence-electron chi connectivity index (χ0n) is 12.6. The number of fused-ring (bicyclic) bond motifs is 2. The van der Waals surface area contributed by atoms with Crippen LogP contribution in [0.1, 0.15) is 57.8 Å². The van der Waals surface area contributed by atoms with Crippen molar-refractivity contribution in [3.05, 3.63) is 0 Å². The Bertz CT molecular complexity index is 443. The van der Waals surface area contributed by atoms with Gasteiger partial charge in [-0.1, -0.05) is 12.8 Å². The van der Waals surface area contributed by atoms with Gasteiger partial charge < -0.3 is 9.64 Å². The molecule has 0 aromatic heterocycles. The monoisotopic (exact) mass is 291 g/mol. The van der Waals surface area contributed by atoms with E-state index in [2.05, 4.69) is 0 Å². The molecule has 0 aromatic carbocycles. The van der Waals surface area contributed by atoms with Gasteiger partial charge >= 0.3 is 5.97 Å². The standard InChI is InChI=1S/C17H25NO3/c19-16-9-13(10-18(16)14-3-1-2-4-14)17(20)21-15-8-11-5-6-12(15)7-11/h11-15H,1-10H2/t11-,12-,13+,15-/m0/s1. The molecule has 4 heteroatoms. The smallest absolute Gasteiger partial charge is 0.311 e. The number of hydrogen-bond donors (Lipinski definition) is 0. The lowest BCUT2D eigenvalue weighted by molar-refractivity contribution is -0.156. The van der Waals surface area contributed by atoms with Crippen LogP contribution in [-0.4, -0.2) is 35.5 Å². The van der Waals surface area contributed by atoms with Gasteiger partial charge in [0, 0.05) is 19.0 Å². The number of nitrogens with zero attached hydrogens (tertiary/aromatic N) is 1. The summed E-state index contributed by atoms with van der Waals surface area (Å²) in [5.74, 6) is 1.23. The number of carbonyl (C=O) groups excluding carboxylic acids is 2. The van der Waals surface area contributed by atoms with E-state index in [0.717, 1.165) is 25.2 Å². The van der Waals surface area contributed by atoms with Crippen molar-refractivity contribution in [2.24, 2.45) is 17.8 Å². The van der Waals surface area contributed by atoms with Crippen LogP contribution in [0.2, 0.25) is 0 Å². The van der Waals surface area contributed by atoms with Crippen LogP contribution in [-0.2, 0) is 14.3 Å². The van der Waals surface area contributed by atoms with Gasteiger partial charge in [-0.25, -0.2) is 0 Å². The minimum atomic E-state index is -0.211. The molecule has 0 unspecified atom stereocenters. The van der Waals surface area contributed by atoms with E-state index in [0.29, 0.717) is 24.9 Å². The van der Waals surface area contributed by atoms with Gasteiger partial charge in [0.2, 0.25) is 5.91 Å². The second kappa shape index (κ2) is 5.29. The fourth-order valence-corrected chi connectivity index (χ4v) is 5.03. The molecule has 116 valence electrons. The van der Waals surface area contributed by atoms with E-state index < -0.39 is 0 Å². The van der Waals surface area contributed by atoms with Crippen LogP contribution >= 0.6 is 0 Å². The van der Waals surface area contributed by atoms with Crippen LogP contribution in [0.15, 0.2) is 0 Å².